The standard InChI is InChI=1S/C12H17N5O/c1-4-17-9-11(6-14-17)12(18)15(2)7-10-5-13-16(3)8-10/h5-6,8-9H,4,7H2,1-3H3. The van der Waals surface area contributed by atoms with Crippen molar-refractivity contribution in [1.29, 1.82) is 0 Å². The molecule has 0 radical (unpaired) electrons. The highest BCUT2D eigenvalue weighted by molar-refractivity contribution is 5.93. The summed E-state index contributed by atoms with van der Waals surface area (Å²) in [6.07, 6.45) is 7.03. The first-order valence-corrected chi connectivity index (χ1v) is 5.85. The van der Waals surface area contributed by atoms with E-state index in [4.69, 9.17) is 0 Å². The fourth-order valence-corrected chi connectivity index (χ4v) is 1.77. The molecule has 0 aromatic carbocycles. The van der Waals surface area contributed by atoms with Crippen molar-refractivity contribution in [2.75, 3.05) is 7.05 Å². The molecule has 0 aliphatic rings. The molecule has 6 nitrogen and oxygen atoms in total. The maximum atomic E-state index is 12.1. The van der Waals surface area contributed by atoms with Crippen molar-refractivity contribution in [3.8, 4) is 0 Å². The summed E-state index contributed by atoms with van der Waals surface area (Å²) in [5, 5.41) is 8.18. The number of rotatable bonds is 4. The van der Waals surface area contributed by atoms with E-state index in [1.54, 1.807) is 39.9 Å². The van der Waals surface area contributed by atoms with Crippen molar-refractivity contribution < 1.29 is 4.79 Å². The van der Waals surface area contributed by atoms with Crippen molar-refractivity contribution in [2.24, 2.45) is 7.05 Å². The van der Waals surface area contributed by atoms with E-state index in [-0.39, 0.29) is 5.91 Å². The van der Waals surface area contributed by atoms with Crippen LogP contribution in [0, 0.1) is 0 Å². The SMILES string of the molecule is CCn1cc(C(=O)N(C)Cc2cnn(C)c2)cn1. The van der Waals surface area contributed by atoms with Gasteiger partial charge in [0.05, 0.1) is 18.0 Å². The Labute approximate surface area is 106 Å². The highest BCUT2D eigenvalue weighted by Gasteiger charge is 2.14. The first-order chi connectivity index (χ1) is 8.60. The van der Waals surface area contributed by atoms with Gasteiger partial charge in [-0.1, -0.05) is 0 Å². The monoisotopic (exact) mass is 247 g/mol. The molecule has 0 spiro atoms. The molecule has 0 N–H and O–H groups in total. The summed E-state index contributed by atoms with van der Waals surface area (Å²) in [7, 11) is 3.63. The minimum atomic E-state index is -0.0291. The highest BCUT2D eigenvalue weighted by Crippen LogP contribution is 2.07. The van der Waals surface area contributed by atoms with Crippen LogP contribution in [0.25, 0.3) is 0 Å². The average Bonchev–Trinajstić information content (AvgIpc) is 2.97. The molecule has 0 saturated heterocycles. The summed E-state index contributed by atoms with van der Waals surface area (Å²) >= 11 is 0. The molecule has 2 aromatic rings. The Kier molecular flexibility index (Phi) is 3.45. The molecule has 6 heteroatoms. The van der Waals surface area contributed by atoms with Crippen molar-refractivity contribution in [2.45, 2.75) is 20.0 Å². The zero-order valence-corrected chi connectivity index (χ0v) is 10.9. The van der Waals surface area contributed by atoms with Gasteiger partial charge >= 0.3 is 0 Å². The lowest BCUT2D eigenvalue weighted by molar-refractivity contribution is 0.0785. The van der Waals surface area contributed by atoms with Crippen molar-refractivity contribution in [1.82, 2.24) is 24.5 Å². The van der Waals surface area contributed by atoms with Gasteiger partial charge in [0.1, 0.15) is 0 Å². The fraction of sp³-hybridized carbons (Fsp3) is 0.417. The van der Waals surface area contributed by atoms with Crippen molar-refractivity contribution in [3.63, 3.8) is 0 Å². The number of carbonyl (C=O) groups is 1. The summed E-state index contributed by atoms with van der Waals surface area (Å²) in [5.41, 5.74) is 1.62. The van der Waals surface area contributed by atoms with Crippen molar-refractivity contribution in [3.05, 3.63) is 35.9 Å². The summed E-state index contributed by atoms with van der Waals surface area (Å²) in [4.78, 5) is 13.8. The van der Waals surface area contributed by atoms with Crippen LogP contribution in [0.15, 0.2) is 24.8 Å². The third-order valence-electron chi connectivity index (χ3n) is 2.73. The van der Waals surface area contributed by atoms with E-state index < -0.39 is 0 Å². The van der Waals surface area contributed by atoms with Gasteiger partial charge in [0.2, 0.25) is 0 Å². The van der Waals surface area contributed by atoms with Crippen molar-refractivity contribution >= 4 is 5.91 Å². The smallest absolute Gasteiger partial charge is 0.257 e. The Balaban J connectivity index is 2.04. The number of amides is 1. The van der Waals surface area contributed by atoms with Gasteiger partial charge in [-0.05, 0) is 6.92 Å². The van der Waals surface area contributed by atoms with Crippen LogP contribution in [-0.2, 0) is 20.1 Å². The summed E-state index contributed by atoms with van der Waals surface area (Å²) in [6.45, 7) is 3.30. The first kappa shape index (κ1) is 12.3. The van der Waals surface area contributed by atoms with Gasteiger partial charge in [0.25, 0.3) is 5.91 Å². The number of hydrogen-bond acceptors (Lipinski definition) is 3. The van der Waals surface area contributed by atoms with Gasteiger partial charge in [-0.3, -0.25) is 14.2 Å². The van der Waals surface area contributed by atoms with Crippen LogP contribution in [0.3, 0.4) is 0 Å². The predicted octanol–water partition coefficient (Wildman–Crippen LogP) is 0.909. The third kappa shape index (κ3) is 2.58. The van der Waals surface area contributed by atoms with Crippen LogP contribution in [0.4, 0.5) is 0 Å². The zero-order valence-electron chi connectivity index (χ0n) is 10.9. The lowest BCUT2D eigenvalue weighted by atomic mass is 10.3. The lowest BCUT2D eigenvalue weighted by Gasteiger charge is -2.14. The molecule has 2 aromatic heterocycles. The minimum Gasteiger partial charge on any atom is -0.337 e. The van der Waals surface area contributed by atoms with Gasteiger partial charge in [-0.25, -0.2) is 0 Å². The van der Waals surface area contributed by atoms with E-state index in [0.29, 0.717) is 12.1 Å². The van der Waals surface area contributed by atoms with Crippen LogP contribution in [0.5, 0.6) is 0 Å². The Bertz CT molecular complexity index is 542. The first-order valence-electron chi connectivity index (χ1n) is 5.85. The minimum absolute atomic E-state index is 0.0291. The summed E-state index contributed by atoms with van der Waals surface area (Å²) < 4.78 is 3.47. The van der Waals surface area contributed by atoms with E-state index in [2.05, 4.69) is 10.2 Å². The second-order valence-electron chi connectivity index (χ2n) is 4.27. The molecule has 18 heavy (non-hydrogen) atoms. The molecule has 2 heterocycles. The highest BCUT2D eigenvalue weighted by atomic mass is 16.2. The maximum absolute atomic E-state index is 12.1. The Morgan fingerprint density at radius 1 is 1.33 bits per heavy atom. The largest absolute Gasteiger partial charge is 0.337 e. The average molecular weight is 247 g/mol. The molecule has 0 aliphatic heterocycles. The van der Waals surface area contributed by atoms with E-state index in [1.807, 2.05) is 20.2 Å². The van der Waals surface area contributed by atoms with Crippen LogP contribution in [0.1, 0.15) is 22.8 Å². The summed E-state index contributed by atoms with van der Waals surface area (Å²) in [5.74, 6) is -0.0291. The van der Waals surface area contributed by atoms with E-state index >= 15 is 0 Å². The van der Waals surface area contributed by atoms with Gasteiger partial charge in [-0.15, -0.1) is 0 Å². The number of nitrogens with zero attached hydrogens (tertiary/aromatic N) is 5. The number of carbonyl (C=O) groups excluding carboxylic acids is 1. The molecule has 0 fully saturated rings. The van der Waals surface area contributed by atoms with Gasteiger partial charge < -0.3 is 4.90 Å². The molecule has 2 rings (SSSR count). The molecule has 0 saturated carbocycles. The molecular weight excluding hydrogens is 230 g/mol. The van der Waals surface area contributed by atoms with E-state index in [9.17, 15) is 4.79 Å². The van der Waals surface area contributed by atoms with Gasteiger partial charge in [0, 0.05) is 45.1 Å². The zero-order chi connectivity index (χ0) is 13.1. The Morgan fingerprint density at radius 3 is 2.67 bits per heavy atom. The van der Waals surface area contributed by atoms with Gasteiger partial charge in [0.15, 0.2) is 0 Å². The van der Waals surface area contributed by atoms with E-state index in [1.165, 1.54) is 0 Å². The molecule has 0 atom stereocenters. The number of aromatic nitrogens is 4. The summed E-state index contributed by atoms with van der Waals surface area (Å²) in [6, 6.07) is 0. The Morgan fingerprint density at radius 2 is 2.11 bits per heavy atom. The van der Waals surface area contributed by atoms with Crippen LogP contribution in [0.2, 0.25) is 0 Å². The maximum Gasteiger partial charge on any atom is 0.257 e. The fourth-order valence-electron chi connectivity index (χ4n) is 1.77. The van der Waals surface area contributed by atoms with Crippen LogP contribution < -0.4 is 0 Å². The second-order valence-corrected chi connectivity index (χ2v) is 4.27. The number of aryl methyl sites for hydroxylation is 2. The van der Waals surface area contributed by atoms with Gasteiger partial charge in [-0.2, -0.15) is 10.2 Å². The lowest BCUT2D eigenvalue weighted by Crippen LogP contribution is -2.25. The normalized spacial score (nSPS) is 10.6. The molecule has 0 aliphatic carbocycles. The van der Waals surface area contributed by atoms with Crippen LogP contribution >= 0.6 is 0 Å². The van der Waals surface area contributed by atoms with Crippen LogP contribution in [-0.4, -0.2) is 37.4 Å². The quantitative estimate of drug-likeness (QED) is 0.807. The third-order valence-corrected chi connectivity index (χ3v) is 2.73. The molecule has 0 bridgehead atoms. The molecular formula is C12H17N5O. The molecule has 96 valence electrons. The second kappa shape index (κ2) is 5.03. The topological polar surface area (TPSA) is 56.0 Å². The Hall–Kier alpha value is -2.11. The molecule has 0 unspecified atom stereocenters. The number of hydrogen-bond donors (Lipinski definition) is 0. The molecule has 1 amide bonds. The van der Waals surface area contributed by atoms with E-state index in [0.717, 1.165) is 12.1 Å². The predicted molar refractivity (Wildman–Crippen MR) is 66.9 cm³/mol.